The molecule has 15 rings (SSSR count). The van der Waals surface area contributed by atoms with E-state index in [9.17, 15) is 0 Å². The lowest BCUT2D eigenvalue weighted by Gasteiger charge is -2.30. The summed E-state index contributed by atoms with van der Waals surface area (Å²) in [6.07, 6.45) is 0. The van der Waals surface area contributed by atoms with Gasteiger partial charge in [-0.1, -0.05) is 140 Å². The fourth-order valence-corrected chi connectivity index (χ4v) is 11.5. The minimum absolute atomic E-state index is 0.438. The van der Waals surface area contributed by atoms with Crippen LogP contribution in [0, 0.1) is 0 Å². The van der Waals surface area contributed by atoms with Crippen LogP contribution in [0.2, 0.25) is 0 Å². The van der Waals surface area contributed by atoms with Crippen LogP contribution in [-0.4, -0.2) is 9.97 Å². The van der Waals surface area contributed by atoms with Crippen molar-refractivity contribution in [1.29, 1.82) is 0 Å². The summed E-state index contributed by atoms with van der Waals surface area (Å²) in [5.41, 5.74) is 18.5. The molecule has 280 valence electrons. The Hall–Kier alpha value is -8.08. The maximum atomic E-state index is 7.05. The third-order valence-corrected chi connectivity index (χ3v) is 13.8. The molecule has 61 heavy (non-hydrogen) atoms. The van der Waals surface area contributed by atoms with Crippen LogP contribution in [0.15, 0.2) is 191 Å². The average molecular weight is 775 g/mol. The van der Waals surface area contributed by atoms with E-state index in [4.69, 9.17) is 18.8 Å². The van der Waals surface area contributed by atoms with Gasteiger partial charge in [-0.05, 0) is 109 Å². The highest BCUT2D eigenvalue weighted by atomic mass is 16.3. The molecular weight excluding hydrogens is 745 g/mol. The number of hydrogen-bond donors (Lipinski definition) is 0. The molecule has 0 radical (unpaired) electrons. The van der Waals surface area contributed by atoms with Crippen molar-refractivity contribution in [2.24, 2.45) is 0 Å². The molecule has 0 N–H and O–H groups in total. The van der Waals surface area contributed by atoms with Crippen molar-refractivity contribution < 1.29 is 8.83 Å². The molecule has 1 spiro atoms. The molecule has 4 heteroatoms. The van der Waals surface area contributed by atoms with Gasteiger partial charge in [0.2, 0.25) is 0 Å². The van der Waals surface area contributed by atoms with Crippen molar-refractivity contribution in [1.82, 2.24) is 9.97 Å². The molecule has 0 amide bonds. The van der Waals surface area contributed by atoms with Gasteiger partial charge in [0.1, 0.15) is 33.5 Å². The Bertz CT molecular complexity index is 4020. The predicted molar refractivity (Wildman–Crippen MR) is 247 cm³/mol. The molecule has 0 saturated carbocycles. The van der Waals surface area contributed by atoms with Gasteiger partial charge in [-0.3, -0.25) is 0 Å². The van der Waals surface area contributed by atoms with Crippen molar-refractivity contribution in [3.05, 3.63) is 204 Å². The van der Waals surface area contributed by atoms with E-state index in [0.717, 1.165) is 77.4 Å². The van der Waals surface area contributed by atoms with E-state index in [1.807, 2.05) is 36.4 Å². The summed E-state index contributed by atoms with van der Waals surface area (Å²) < 4.78 is 13.4. The van der Waals surface area contributed by atoms with Crippen LogP contribution >= 0.6 is 0 Å². The Morgan fingerprint density at radius 3 is 1.75 bits per heavy atom. The fraction of sp³-hybridized carbons (Fsp3) is 0.0175. The molecule has 13 aromatic rings. The highest BCUT2D eigenvalue weighted by molar-refractivity contribution is 6.35. The first kappa shape index (κ1) is 31.9. The summed E-state index contributed by atoms with van der Waals surface area (Å²) in [5, 5.41) is 9.06. The largest absolute Gasteiger partial charge is 0.456 e. The second kappa shape index (κ2) is 11.1. The average Bonchev–Trinajstić information content (AvgIpc) is 4.06. The lowest BCUT2D eigenvalue weighted by Crippen LogP contribution is -2.25. The van der Waals surface area contributed by atoms with E-state index >= 15 is 0 Å². The Labute approximate surface area is 348 Å². The second-order valence-electron chi connectivity index (χ2n) is 16.7. The summed E-state index contributed by atoms with van der Waals surface area (Å²) in [5.74, 6) is 0. The zero-order valence-corrected chi connectivity index (χ0v) is 32.5. The minimum atomic E-state index is -0.438. The number of benzene rings is 10. The summed E-state index contributed by atoms with van der Waals surface area (Å²) in [6.45, 7) is 0. The number of aromatic nitrogens is 2. The molecule has 4 nitrogen and oxygen atoms in total. The quantitative estimate of drug-likeness (QED) is 0.164. The maximum absolute atomic E-state index is 7.05. The summed E-state index contributed by atoms with van der Waals surface area (Å²) in [7, 11) is 0. The second-order valence-corrected chi connectivity index (χ2v) is 16.7. The molecule has 2 aliphatic carbocycles. The zero-order chi connectivity index (χ0) is 39.6. The van der Waals surface area contributed by atoms with Crippen LogP contribution in [0.1, 0.15) is 22.3 Å². The molecular formula is C57H30N2O2. The van der Waals surface area contributed by atoms with E-state index in [1.165, 1.54) is 66.1 Å². The first-order valence-corrected chi connectivity index (χ1v) is 20.9. The third kappa shape index (κ3) is 3.82. The Morgan fingerprint density at radius 1 is 0.344 bits per heavy atom. The number of nitrogens with zero attached hydrogens (tertiary/aromatic N) is 2. The first-order chi connectivity index (χ1) is 30.3. The van der Waals surface area contributed by atoms with Crippen molar-refractivity contribution in [3.8, 4) is 44.8 Å². The van der Waals surface area contributed by atoms with Crippen molar-refractivity contribution in [2.45, 2.75) is 5.41 Å². The van der Waals surface area contributed by atoms with Gasteiger partial charge >= 0.3 is 0 Å². The van der Waals surface area contributed by atoms with Crippen molar-refractivity contribution in [2.75, 3.05) is 0 Å². The first-order valence-electron chi connectivity index (χ1n) is 20.9. The molecule has 0 atom stereocenters. The highest BCUT2D eigenvalue weighted by Crippen LogP contribution is 2.63. The Morgan fingerprint density at radius 2 is 0.967 bits per heavy atom. The van der Waals surface area contributed by atoms with Crippen LogP contribution < -0.4 is 0 Å². The molecule has 0 aliphatic heterocycles. The van der Waals surface area contributed by atoms with Crippen LogP contribution in [0.4, 0.5) is 0 Å². The summed E-state index contributed by atoms with van der Waals surface area (Å²) in [6, 6.07) is 65.7. The molecule has 2 aliphatic rings. The highest BCUT2D eigenvalue weighted by Gasteiger charge is 2.51. The molecule has 0 bridgehead atoms. The Balaban J connectivity index is 1.05. The van der Waals surface area contributed by atoms with Gasteiger partial charge in [-0.15, -0.1) is 0 Å². The summed E-state index contributed by atoms with van der Waals surface area (Å²) >= 11 is 0. The van der Waals surface area contributed by atoms with Crippen molar-refractivity contribution in [3.63, 3.8) is 0 Å². The van der Waals surface area contributed by atoms with Gasteiger partial charge in [-0.2, -0.15) is 0 Å². The van der Waals surface area contributed by atoms with Gasteiger partial charge in [0, 0.05) is 27.3 Å². The summed E-state index contributed by atoms with van der Waals surface area (Å²) in [4.78, 5) is 11.0. The maximum Gasteiger partial charge on any atom is 0.145 e. The van der Waals surface area contributed by atoms with Gasteiger partial charge in [0.15, 0.2) is 0 Å². The topological polar surface area (TPSA) is 52.1 Å². The smallest absolute Gasteiger partial charge is 0.145 e. The third-order valence-electron chi connectivity index (χ3n) is 13.8. The number of hydrogen-bond acceptors (Lipinski definition) is 4. The van der Waals surface area contributed by atoms with Gasteiger partial charge in [-0.25, -0.2) is 9.97 Å². The molecule has 10 aromatic carbocycles. The van der Waals surface area contributed by atoms with E-state index in [-0.39, 0.29) is 0 Å². The van der Waals surface area contributed by atoms with Gasteiger partial charge in [0.05, 0.1) is 22.0 Å². The number of rotatable bonds is 2. The van der Waals surface area contributed by atoms with Crippen LogP contribution in [-0.2, 0) is 5.41 Å². The standard InChI is InChI=1S/C57H30N2O2/c1-2-13-31(14-3-1)53-54(58-46-27-28-49-51(55(46)59-53)37-18-7-11-23-47(37)60-49)38-26-25-36-40-30-45-41(29-39(40)35-19-12-24-48-50(35)52(36)56(38)61-48)34-17-6-10-22-44(34)57(45)42-20-8-4-15-32(42)33-16-5-9-21-43(33)57/h1-30H. The SMILES string of the molecule is c1ccc(-c2nc3c(ccc4oc5ccccc5c43)nc2-c2ccc3c4cc5c(cc4c4cccc6oc2c3c64)-c2ccccc2C52c3ccccc3-c3ccccc32)cc1. The van der Waals surface area contributed by atoms with Crippen LogP contribution in [0.5, 0.6) is 0 Å². The van der Waals surface area contributed by atoms with Crippen LogP contribution in [0.25, 0.3) is 121 Å². The molecule has 3 aromatic heterocycles. The van der Waals surface area contributed by atoms with E-state index in [2.05, 4.69) is 146 Å². The number of para-hydroxylation sites is 1. The van der Waals surface area contributed by atoms with Crippen LogP contribution in [0.3, 0.4) is 0 Å². The monoisotopic (exact) mass is 774 g/mol. The normalized spacial score (nSPS) is 13.7. The van der Waals surface area contributed by atoms with Crippen molar-refractivity contribution >= 4 is 76.5 Å². The molecule has 0 fully saturated rings. The van der Waals surface area contributed by atoms with Gasteiger partial charge in [0.25, 0.3) is 0 Å². The van der Waals surface area contributed by atoms with E-state index in [1.54, 1.807) is 0 Å². The fourth-order valence-electron chi connectivity index (χ4n) is 11.5. The molecule has 0 unspecified atom stereocenters. The lowest BCUT2D eigenvalue weighted by atomic mass is 9.70. The van der Waals surface area contributed by atoms with Gasteiger partial charge < -0.3 is 8.83 Å². The number of furan rings is 2. The predicted octanol–water partition coefficient (Wildman–Crippen LogP) is 14.9. The Kier molecular flexibility index (Phi) is 5.82. The van der Waals surface area contributed by atoms with E-state index in [0.29, 0.717) is 0 Å². The molecule has 0 saturated heterocycles. The van der Waals surface area contributed by atoms with E-state index < -0.39 is 5.41 Å². The zero-order valence-electron chi connectivity index (χ0n) is 32.5. The molecule has 3 heterocycles. The minimum Gasteiger partial charge on any atom is -0.456 e. The lowest BCUT2D eigenvalue weighted by molar-refractivity contribution is 0.669. The number of fused-ring (bicyclic) bond motifs is 18.